The minimum absolute atomic E-state index is 0.127. The van der Waals surface area contributed by atoms with Crippen molar-refractivity contribution in [3.05, 3.63) is 108 Å². The van der Waals surface area contributed by atoms with Crippen molar-refractivity contribution < 1.29 is 22.3 Å². The maximum absolute atomic E-state index is 13.4. The number of hydrogen-bond acceptors (Lipinski definition) is 7. The first-order chi connectivity index (χ1) is 22.1. The van der Waals surface area contributed by atoms with Crippen molar-refractivity contribution in [2.24, 2.45) is 5.73 Å². The molecule has 1 aromatic heterocycles. The number of ether oxygens (including phenoxy) is 1. The van der Waals surface area contributed by atoms with Gasteiger partial charge >= 0.3 is 0 Å². The fraction of sp³-hybridized carbons (Fsp3) is 0.242. The van der Waals surface area contributed by atoms with Crippen LogP contribution in [0.4, 0.5) is 21.5 Å². The molecule has 0 atom stereocenters. The van der Waals surface area contributed by atoms with Gasteiger partial charge < -0.3 is 20.7 Å². The lowest BCUT2D eigenvalue weighted by atomic mass is 10.0. The Morgan fingerprint density at radius 2 is 1.74 bits per heavy atom. The quantitative estimate of drug-likeness (QED) is 0.174. The SMILES string of the molecule is CS(=O)(=O)Nc1ccc(Oc2ccc(CN3CCC(N(C(=S)Nc4ccc(CF)c(C(N)=O)c4)c4ccccc4)CC3)cn2)cc1. The number of rotatable bonds is 11. The lowest BCUT2D eigenvalue weighted by Crippen LogP contribution is -2.49. The van der Waals surface area contributed by atoms with Crippen LogP contribution in [0.1, 0.15) is 34.3 Å². The van der Waals surface area contributed by atoms with Gasteiger partial charge in [0, 0.05) is 60.6 Å². The summed E-state index contributed by atoms with van der Waals surface area (Å²) < 4.78 is 44.4. The van der Waals surface area contributed by atoms with E-state index in [1.165, 1.54) is 6.07 Å². The zero-order chi connectivity index (χ0) is 32.7. The third kappa shape index (κ3) is 8.77. The second-order valence-corrected chi connectivity index (χ2v) is 13.2. The van der Waals surface area contributed by atoms with Crippen molar-refractivity contribution in [1.82, 2.24) is 9.88 Å². The summed E-state index contributed by atoms with van der Waals surface area (Å²) in [6.45, 7) is 1.64. The van der Waals surface area contributed by atoms with Gasteiger partial charge in [0.2, 0.25) is 21.8 Å². The minimum atomic E-state index is -3.35. The van der Waals surface area contributed by atoms with Crippen LogP contribution in [0.15, 0.2) is 91.1 Å². The number of likely N-dealkylation sites (tertiary alicyclic amines) is 1. The first-order valence-corrected chi connectivity index (χ1v) is 16.9. The number of aromatic nitrogens is 1. The fourth-order valence-electron chi connectivity index (χ4n) is 5.35. The summed E-state index contributed by atoms with van der Waals surface area (Å²) in [5, 5.41) is 3.72. The Hall–Kier alpha value is -4.59. The number of anilines is 3. The summed E-state index contributed by atoms with van der Waals surface area (Å²) in [6.07, 6.45) is 4.62. The van der Waals surface area contributed by atoms with Gasteiger partial charge in [-0.15, -0.1) is 0 Å². The Morgan fingerprint density at radius 1 is 1.04 bits per heavy atom. The van der Waals surface area contributed by atoms with E-state index in [0.29, 0.717) is 28.1 Å². The van der Waals surface area contributed by atoms with Gasteiger partial charge in [-0.2, -0.15) is 0 Å². The number of para-hydroxylation sites is 1. The van der Waals surface area contributed by atoms with Crippen LogP contribution >= 0.6 is 12.2 Å². The summed E-state index contributed by atoms with van der Waals surface area (Å²) in [5.74, 6) is 0.290. The van der Waals surface area contributed by atoms with Crippen molar-refractivity contribution >= 4 is 50.3 Å². The molecule has 0 radical (unpaired) electrons. The number of thiocarbonyl (C=S) groups is 1. The Bertz CT molecular complexity index is 1770. The van der Waals surface area contributed by atoms with Crippen molar-refractivity contribution in [2.75, 3.05) is 34.3 Å². The topological polar surface area (TPSA) is 130 Å². The van der Waals surface area contributed by atoms with E-state index in [2.05, 4.69) is 24.8 Å². The van der Waals surface area contributed by atoms with Crippen LogP contribution < -0.4 is 25.4 Å². The van der Waals surface area contributed by atoms with Crippen LogP contribution in [0.2, 0.25) is 0 Å². The van der Waals surface area contributed by atoms with E-state index in [0.717, 1.165) is 50.0 Å². The van der Waals surface area contributed by atoms with Gasteiger partial charge in [0.25, 0.3) is 0 Å². The highest BCUT2D eigenvalue weighted by Crippen LogP contribution is 2.27. The van der Waals surface area contributed by atoms with Crippen LogP contribution in [0, 0.1) is 0 Å². The summed E-state index contributed by atoms with van der Waals surface area (Å²) in [5.41, 5.74) is 8.87. The molecule has 1 amide bonds. The zero-order valence-corrected chi connectivity index (χ0v) is 26.9. The fourth-order valence-corrected chi connectivity index (χ4v) is 6.29. The predicted octanol–water partition coefficient (Wildman–Crippen LogP) is 5.68. The molecule has 46 heavy (non-hydrogen) atoms. The lowest BCUT2D eigenvalue weighted by molar-refractivity contribution is 0.0998. The minimum Gasteiger partial charge on any atom is -0.439 e. The third-order valence-corrected chi connectivity index (χ3v) is 8.43. The molecule has 4 N–H and O–H groups in total. The molecule has 1 aliphatic heterocycles. The van der Waals surface area contributed by atoms with Gasteiger partial charge in [0.1, 0.15) is 12.4 Å². The molecule has 0 unspecified atom stereocenters. The van der Waals surface area contributed by atoms with Crippen LogP contribution in [-0.2, 0) is 23.2 Å². The second kappa shape index (κ2) is 14.7. The number of halogens is 1. The van der Waals surface area contributed by atoms with E-state index >= 15 is 0 Å². The van der Waals surface area contributed by atoms with E-state index < -0.39 is 22.6 Å². The number of nitrogens with two attached hydrogens (primary N) is 1. The maximum Gasteiger partial charge on any atom is 0.249 e. The van der Waals surface area contributed by atoms with E-state index in [1.54, 1.807) is 42.6 Å². The predicted molar refractivity (Wildman–Crippen MR) is 182 cm³/mol. The summed E-state index contributed by atoms with van der Waals surface area (Å²) in [7, 11) is -3.35. The lowest BCUT2D eigenvalue weighted by Gasteiger charge is -2.40. The highest BCUT2D eigenvalue weighted by atomic mass is 32.2. The number of primary amides is 1. The normalized spacial score (nSPS) is 14.0. The second-order valence-electron chi connectivity index (χ2n) is 11.0. The Labute approximate surface area is 273 Å². The standard InChI is InChI=1S/C33H35FN6O4S2/c1-46(42,43)38-25-10-12-29(13-11-25)44-31-14-7-23(21-36-31)22-39-17-15-28(16-18-39)40(27-5-3-2-4-6-27)33(45)37-26-9-8-24(20-34)30(19-26)32(35)41/h2-14,19,21,28,38H,15-18,20,22H2,1H3,(H2,35,41)(H,37,45). The molecule has 0 spiro atoms. The van der Waals surface area contributed by atoms with Crippen molar-refractivity contribution in [3.8, 4) is 11.6 Å². The first-order valence-electron chi connectivity index (χ1n) is 14.6. The molecule has 0 bridgehead atoms. The molecule has 2 heterocycles. The average molecular weight is 663 g/mol. The summed E-state index contributed by atoms with van der Waals surface area (Å²) in [4.78, 5) is 20.8. The van der Waals surface area contributed by atoms with E-state index in [9.17, 15) is 17.6 Å². The highest BCUT2D eigenvalue weighted by Gasteiger charge is 2.28. The van der Waals surface area contributed by atoms with Crippen molar-refractivity contribution in [3.63, 3.8) is 0 Å². The molecule has 10 nitrogen and oxygen atoms in total. The molecular formula is C33H35FN6O4S2. The van der Waals surface area contributed by atoms with Crippen molar-refractivity contribution in [1.29, 1.82) is 0 Å². The number of pyridine rings is 1. The van der Waals surface area contributed by atoms with Crippen LogP contribution in [0.3, 0.4) is 0 Å². The molecule has 13 heteroatoms. The number of piperidine rings is 1. The average Bonchev–Trinajstić information content (AvgIpc) is 3.03. The number of carbonyl (C=O) groups is 1. The number of hydrogen-bond donors (Lipinski definition) is 3. The van der Waals surface area contributed by atoms with E-state index in [-0.39, 0.29) is 17.2 Å². The number of carbonyl (C=O) groups excluding carboxylic acids is 1. The Morgan fingerprint density at radius 3 is 2.35 bits per heavy atom. The Balaban J connectivity index is 1.19. The van der Waals surface area contributed by atoms with Crippen LogP contribution in [0.25, 0.3) is 0 Å². The van der Waals surface area contributed by atoms with Crippen molar-refractivity contribution in [2.45, 2.75) is 32.1 Å². The molecule has 1 fully saturated rings. The maximum atomic E-state index is 13.4. The number of amides is 1. The number of alkyl halides is 1. The molecule has 240 valence electrons. The summed E-state index contributed by atoms with van der Waals surface area (Å²) >= 11 is 5.87. The van der Waals surface area contributed by atoms with Gasteiger partial charge in [-0.05, 0) is 84.7 Å². The zero-order valence-electron chi connectivity index (χ0n) is 25.2. The number of nitrogens with zero attached hydrogens (tertiary/aromatic N) is 3. The molecule has 1 aliphatic rings. The van der Waals surface area contributed by atoms with Gasteiger partial charge in [0.15, 0.2) is 5.11 Å². The number of nitrogens with one attached hydrogen (secondary N) is 2. The molecule has 5 rings (SSSR count). The molecule has 0 aliphatic carbocycles. The van der Waals surface area contributed by atoms with Crippen LogP contribution in [-0.4, -0.2) is 54.7 Å². The number of sulfonamides is 1. The largest absolute Gasteiger partial charge is 0.439 e. The van der Waals surface area contributed by atoms with Gasteiger partial charge in [-0.3, -0.25) is 14.4 Å². The monoisotopic (exact) mass is 662 g/mol. The third-order valence-electron chi connectivity index (χ3n) is 7.53. The van der Waals surface area contributed by atoms with E-state index in [1.807, 2.05) is 42.5 Å². The molecular weight excluding hydrogens is 628 g/mol. The van der Waals surface area contributed by atoms with E-state index in [4.69, 9.17) is 22.7 Å². The van der Waals surface area contributed by atoms with Gasteiger partial charge in [-0.1, -0.05) is 30.3 Å². The molecule has 4 aromatic rings. The molecule has 0 saturated carbocycles. The van der Waals surface area contributed by atoms with Gasteiger partial charge in [0.05, 0.1) is 6.26 Å². The summed E-state index contributed by atoms with van der Waals surface area (Å²) in [6, 6.07) is 25.2. The Kier molecular flexibility index (Phi) is 10.5. The molecule has 1 saturated heterocycles. The molecule has 3 aromatic carbocycles. The first kappa shape index (κ1) is 32.8. The van der Waals surface area contributed by atoms with Gasteiger partial charge in [-0.25, -0.2) is 17.8 Å². The highest BCUT2D eigenvalue weighted by molar-refractivity contribution is 7.92. The number of benzene rings is 3. The van der Waals surface area contributed by atoms with Crippen LogP contribution in [0.5, 0.6) is 11.6 Å². The smallest absolute Gasteiger partial charge is 0.249 e.